The average molecular weight is 279 g/mol. The molecule has 0 amide bonds. The molecule has 1 aromatic heterocycles. The lowest BCUT2D eigenvalue weighted by atomic mass is 10.1. The third-order valence-electron chi connectivity index (χ3n) is 3.99. The Hall–Kier alpha value is -2.06. The molecule has 3 aromatic rings. The largest absolute Gasteiger partial charge is 0.461 e. The van der Waals surface area contributed by atoms with Crippen LogP contribution in [0.5, 0.6) is 0 Å². The summed E-state index contributed by atoms with van der Waals surface area (Å²) in [6, 6.07) is 19.1. The number of hydrogen-bond acceptors (Lipinski definition) is 2. The Labute approximate surface area is 125 Å². The molecule has 1 heterocycles. The van der Waals surface area contributed by atoms with Crippen molar-refractivity contribution in [2.75, 3.05) is 0 Å². The summed E-state index contributed by atoms with van der Waals surface area (Å²) in [7, 11) is 0. The zero-order chi connectivity index (χ0) is 14.7. The first kappa shape index (κ1) is 13.9. The summed E-state index contributed by atoms with van der Waals surface area (Å²) in [6.45, 7) is 5.17. The van der Waals surface area contributed by atoms with E-state index in [0.717, 1.165) is 24.3 Å². The fraction of sp³-hybridized carbons (Fsp3) is 0.263. The summed E-state index contributed by atoms with van der Waals surface area (Å²) in [6.07, 6.45) is 0.922. The van der Waals surface area contributed by atoms with Crippen LogP contribution < -0.4 is 5.32 Å². The van der Waals surface area contributed by atoms with Gasteiger partial charge in [-0.3, -0.25) is 0 Å². The summed E-state index contributed by atoms with van der Waals surface area (Å²) < 4.78 is 5.95. The predicted octanol–water partition coefficient (Wildman–Crippen LogP) is 4.85. The quantitative estimate of drug-likeness (QED) is 0.722. The van der Waals surface area contributed by atoms with Crippen LogP contribution in [-0.4, -0.2) is 0 Å². The van der Waals surface area contributed by atoms with Crippen LogP contribution in [0.3, 0.4) is 0 Å². The Morgan fingerprint density at radius 2 is 1.71 bits per heavy atom. The van der Waals surface area contributed by atoms with Gasteiger partial charge >= 0.3 is 0 Å². The third-order valence-corrected chi connectivity index (χ3v) is 3.99. The van der Waals surface area contributed by atoms with E-state index in [2.05, 4.69) is 61.6 Å². The summed E-state index contributed by atoms with van der Waals surface area (Å²) in [5.41, 5.74) is 3.58. The van der Waals surface area contributed by atoms with Crippen molar-refractivity contribution in [2.24, 2.45) is 0 Å². The van der Waals surface area contributed by atoms with Crippen LogP contribution in [0.4, 0.5) is 0 Å². The van der Waals surface area contributed by atoms with Gasteiger partial charge in [-0.1, -0.05) is 55.5 Å². The molecule has 0 spiro atoms. The van der Waals surface area contributed by atoms with E-state index in [9.17, 15) is 0 Å². The molecule has 1 N–H and O–H groups in total. The van der Waals surface area contributed by atoms with E-state index in [4.69, 9.17) is 4.42 Å². The topological polar surface area (TPSA) is 25.2 Å². The van der Waals surface area contributed by atoms with Gasteiger partial charge in [-0.25, -0.2) is 0 Å². The van der Waals surface area contributed by atoms with E-state index in [1.165, 1.54) is 16.5 Å². The normalized spacial score (nSPS) is 12.7. The van der Waals surface area contributed by atoms with E-state index in [1.54, 1.807) is 0 Å². The number of para-hydroxylation sites is 1. The Kier molecular flexibility index (Phi) is 4.07. The van der Waals surface area contributed by atoms with Gasteiger partial charge in [-0.05, 0) is 18.6 Å². The molecule has 0 aliphatic carbocycles. The van der Waals surface area contributed by atoms with Crippen molar-refractivity contribution in [1.82, 2.24) is 5.32 Å². The average Bonchev–Trinajstić information content (AvgIpc) is 2.91. The lowest BCUT2D eigenvalue weighted by Gasteiger charge is -2.14. The molecule has 0 saturated carbocycles. The van der Waals surface area contributed by atoms with Crippen LogP contribution in [0, 0.1) is 0 Å². The van der Waals surface area contributed by atoms with Gasteiger partial charge in [0.25, 0.3) is 0 Å². The zero-order valence-corrected chi connectivity index (χ0v) is 12.6. The standard InChI is InChI=1S/C19H21NO/c1-3-18-17(16-11-7-8-12-19(16)21-18)13-20-14(2)15-9-5-4-6-10-15/h4-12,14,20H,3,13H2,1-2H3/t14-/m0/s1. The minimum atomic E-state index is 0.324. The molecule has 3 rings (SSSR count). The molecule has 0 aliphatic rings. The lowest BCUT2D eigenvalue weighted by molar-refractivity contribution is 0.530. The van der Waals surface area contributed by atoms with Crippen LogP contribution in [0.15, 0.2) is 59.0 Å². The second-order valence-corrected chi connectivity index (χ2v) is 5.37. The van der Waals surface area contributed by atoms with Gasteiger partial charge in [-0.2, -0.15) is 0 Å². The molecule has 0 aliphatic heterocycles. The van der Waals surface area contributed by atoms with Crippen molar-refractivity contribution < 1.29 is 4.42 Å². The number of aryl methyl sites for hydroxylation is 1. The van der Waals surface area contributed by atoms with E-state index in [1.807, 2.05) is 12.1 Å². The molecule has 108 valence electrons. The smallest absolute Gasteiger partial charge is 0.134 e. The molecular weight excluding hydrogens is 258 g/mol. The van der Waals surface area contributed by atoms with Crippen molar-refractivity contribution in [3.05, 3.63) is 71.5 Å². The van der Waals surface area contributed by atoms with Crippen molar-refractivity contribution in [2.45, 2.75) is 32.9 Å². The van der Waals surface area contributed by atoms with Crippen LogP contribution in [-0.2, 0) is 13.0 Å². The number of fused-ring (bicyclic) bond motifs is 1. The van der Waals surface area contributed by atoms with Gasteiger partial charge < -0.3 is 9.73 Å². The van der Waals surface area contributed by atoms with E-state index in [-0.39, 0.29) is 0 Å². The molecule has 0 radical (unpaired) electrons. The monoisotopic (exact) mass is 279 g/mol. The van der Waals surface area contributed by atoms with Gasteiger partial charge in [0.2, 0.25) is 0 Å². The first-order chi connectivity index (χ1) is 10.3. The number of nitrogens with one attached hydrogen (secondary N) is 1. The molecule has 0 saturated heterocycles. The number of hydrogen-bond donors (Lipinski definition) is 1. The SMILES string of the molecule is CCc1oc2ccccc2c1CN[C@@H](C)c1ccccc1. The Bertz CT molecular complexity index is 715. The van der Waals surface area contributed by atoms with Crippen LogP contribution >= 0.6 is 0 Å². The van der Waals surface area contributed by atoms with Crippen LogP contribution in [0.25, 0.3) is 11.0 Å². The first-order valence-electron chi connectivity index (χ1n) is 7.57. The maximum Gasteiger partial charge on any atom is 0.134 e. The molecule has 0 unspecified atom stereocenters. The summed E-state index contributed by atoms with van der Waals surface area (Å²) in [5, 5.41) is 4.83. The Morgan fingerprint density at radius 1 is 1.00 bits per heavy atom. The fourth-order valence-electron chi connectivity index (χ4n) is 2.74. The number of benzene rings is 2. The maximum absolute atomic E-state index is 5.95. The molecule has 0 bridgehead atoms. The Balaban J connectivity index is 1.82. The van der Waals surface area contributed by atoms with Gasteiger partial charge in [0.15, 0.2) is 0 Å². The number of furan rings is 1. The second-order valence-electron chi connectivity index (χ2n) is 5.37. The van der Waals surface area contributed by atoms with Crippen LogP contribution in [0.2, 0.25) is 0 Å². The van der Waals surface area contributed by atoms with Crippen molar-refractivity contribution >= 4 is 11.0 Å². The highest BCUT2D eigenvalue weighted by atomic mass is 16.3. The minimum Gasteiger partial charge on any atom is -0.461 e. The third kappa shape index (κ3) is 2.86. The molecule has 2 heteroatoms. The molecule has 1 atom stereocenters. The number of rotatable bonds is 5. The van der Waals surface area contributed by atoms with Gasteiger partial charge in [0.05, 0.1) is 0 Å². The first-order valence-corrected chi connectivity index (χ1v) is 7.57. The Morgan fingerprint density at radius 3 is 2.48 bits per heavy atom. The molecule has 0 fully saturated rings. The molecule has 2 aromatic carbocycles. The van der Waals surface area contributed by atoms with E-state index in [0.29, 0.717) is 6.04 Å². The van der Waals surface area contributed by atoms with Crippen LogP contribution in [0.1, 0.15) is 36.8 Å². The molecule has 21 heavy (non-hydrogen) atoms. The maximum atomic E-state index is 5.95. The second kappa shape index (κ2) is 6.15. The van der Waals surface area contributed by atoms with Gasteiger partial charge in [0, 0.05) is 30.0 Å². The highest BCUT2D eigenvalue weighted by Crippen LogP contribution is 2.26. The van der Waals surface area contributed by atoms with Gasteiger partial charge in [0.1, 0.15) is 11.3 Å². The fourth-order valence-corrected chi connectivity index (χ4v) is 2.74. The van der Waals surface area contributed by atoms with Gasteiger partial charge in [-0.15, -0.1) is 0 Å². The highest BCUT2D eigenvalue weighted by molar-refractivity contribution is 5.82. The van der Waals surface area contributed by atoms with E-state index < -0.39 is 0 Å². The summed E-state index contributed by atoms with van der Waals surface area (Å²) in [4.78, 5) is 0. The van der Waals surface area contributed by atoms with Crippen molar-refractivity contribution in [3.8, 4) is 0 Å². The summed E-state index contributed by atoms with van der Waals surface area (Å²) >= 11 is 0. The molecular formula is C19H21NO. The van der Waals surface area contributed by atoms with Crippen molar-refractivity contribution in [3.63, 3.8) is 0 Å². The predicted molar refractivity (Wildman–Crippen MR) is 87.3 cm³/mol. The minimum absolute atomic E-state index is 0.324. The summed E-state index contributed by atoms with van der Waals surface area (Å²) in [5.74, 6) is 1.09. The lowest BCUT2D eigenvalue weighted by Crippen LogP contribution is -2.18. The molecule has 2 nitrogen and oxygen atoms in total. The van der Waals surface area contributed by atoms with Crippen molar-refractivity contribution in [1.29, 1.82) is 0 Å². The zero-order valence-electron chi connectivity index (χ0n) is 12.6. The highest BCUT2D eigenvalue weighted by Gasteiger charge is 2.13. The van der Waals surface area contributed by atoms with E-state index >= 15 is 0 Å².